The molecule has 0 bridgehead atoms. The van der Waals surface area contributed by atoms with E-state index in [1.165, 1.54) is 16.7 Å². The highest BCUT2D eigenvalue weighted by molar-refractivity contribution is 7.09. The third kappa shape index (κ3) is 3.98. The fourth-order valence-electron chi connectivity index (χ4n) is 1.57. The molecule has 2 N–H and O–H groups in total. The molecule has 19 heavy (non-hydrogen) atoms. The highest BCUT2D eigenvalue weighted by atomic mass is 32.1. The number of nitrogens with one attached hydrogen (secondary N) is 1. The molecule has 1 amide bonds. The second-order valence-corrected chi connectivity index (χ2v) is 4.85. The van der Waals surface area contributed by atoms with Crippen LogP contribution in [-0.4, -0.2) is 54.4 Å². The van der Waals surface area contributed by atoms with Crippen LogP contribution in [0.3, 0.4) is 0 Å². The van der Waals surface area contributed by atoms with Crippen LogP contribution in [0.25, 0.3) is 0 Å². The molecule has 0 spiro atoms. The van der Waals surface area contributed by atoms with Gasteiger partial charge in [-0.15, -0.1) is 11.3 Å². The van der Waals surface area contributed by atoms with Crippen molar-refractivity contribution in [2.75, 3.05) is 26.4 Å². The van der Waals surface area contributed by atoms with Crippen LogP contribution in [0.1, 0.15) is 15.5 Å². The van der Waals surface area contributed by atoms with Crippen LogP contribution in [0.2, 0.25) is 0 Å². The molecule has 8 heteroatoms. The Kier molecular flexibility index (Phi) is 4.83. The fourth-order valence-corrected chi connectivity index (χ4v) is 2.34. The molecule has 1 atom stereocenters. The standard InChI is InChI=1S/C11H14N2O5S/c14-10(8-5-17-3-4-18-8)12-2-1-9-13-7(6-19-9)11(15)16/h6,8H,1-5H2,(H,12,14)(H,15,16). The molecule has 1 saturated heterocycles. The molecular formula is C11H14N2O5S. The zero-order valence-corrected chi connectivity index (χ0v) is 10.9. The summed E-state index contributed by atoms with van der Waals surface area (Å²) in [4.78, 5) is 26.3. The fraction of sp³-hybridized carbons (Fsp3) is 0.545. The van der Waals surface area contributed by atoms with Crippen molar-refractivity contribution in [1.82, 2.24) is 10.3 Å². The van der Waals surface area contributed by atoms with E-state index in [0.717, 1.165) is 0 Å². The summed E-state index contributed by atoms with van der Waals surface area (Å²) in [6, 6.07) is 0. The topological polar surface area (TPSA) is 97.8 Å². The maximum Gasteiger partial charge on any atom is 0.355 e. The summed E-state index contributed by atoms with van der Waals surface area (Å²) in [5.74, 6) is -1.26. The zero-order chi connectivity index (χ0) is 13.7. The van der Waals surface area contributed by atoms with E-state index in [1.807, 2.05) is 0 Å². The molecule has 0 radical (unpaired) electrons. The minimum absolute atomic E-state index is 0.0374. The molecule has 0 aromatic carbocycles. The summed E-state index contributed by atoms with van der Waals surface area (Å²) >= 11 is 1.27. The lowest BCUT2D eigenvalue weighted by Crippen LogP contribution is -2.43. The number of carbonyl (C=O) groups is 2. The summed E-state index contributed by atoms with van der Waals surface area (Å²) in [5, 5.41) is 13.6. The average molecular weight is 286 g/mol. The maximum absolute atomic E-state index is 11.7. The molecule has 104 valence electrons. The predicted molar refractivity (Wildman–Crippen MR) is 66.3 cm³/mol. The van der Waals surface area contributed by atoms with Crippen molar-refractivity contribution in [3.05, 3.63) is 16.1 Å². The molecule has 1 aliphatic heterocycles. The van der Waals surface area contributed by atoms with Crippen LogP contribution in [0.4, 0.5) is 0 Å². The van der Waals surface area contributed by atoms with Crippen LogP contribution < -0.4 is 5.32 Å². The highest BCUT2D eigenvalue weighted by Crippen LogP contribution is 2.10. The van der Waals surface area contributed by atoms with E-state index in [-0.39, 0.29) is 18.2 Å². The number of rotatable bonds is 5. The Morgan fingerprint density at radius 1 is 1.53 bits per heavy atom. The predicted octanol–water partition coefficient (Wildman–Crippen LogP) is -0.0846. The minimum atomic E-state index is -1.04. The third-order valence-corrected chi connectivity index (χ3v) is 3.43. The number of carboxylic acid groups (broad SMARTS) is 1. The largest absolute Gasteiger partial charge is 0.476 e. The second-order valence-electron chi connectivity index (χ2n) is 3.91. The first-order valence-corrected chi connectivity index (χ1v) is 6.69. The van der Waals surface area contributed by atoms with Crippen molar-refractivity contribution in [1.29, 1.82) is 0 Å². The van der Waals surface area contributed by atoms with Gasteiger partial charge in [-0.1, -0.05) is 0 Å². The lowest BCUT2D eigenvalue weighted by molar-refractivity contribution is -0.147. The molecule has 2 heterocycles. The second kappa shape index (κ2) is 6.60. The third-order valence-electron chi connectivity index (χ3n) is 2.52. The Morgan fingerprint density at radius 2 is 2.37 bits per heavy atom. The molecule has 1 fully saturated rings. The highest BCUT2D eigenvalue weighted by Gasteiger charge is 2.22. The Labute approximate surface area is 113 Å². The molecule has 2 rings (SSSR count). The lowest BCUT2D eigenvalue weighted by atomic mass is 10.3. The van der Waals surface area contributed by atoms with Crippen LogP contribution in [0.15, 0.2) is 5.38 Å². The SMILES string of the molecule is O=C(O)c1csc(CCNC(=O)C2COCCO2)n1. The number of aromatic nitrogens is 1. The number of carbonyl (C=O) groups excluding carboxylic acids is 1. The van der Waals surface area contributed by atoms with Gasteiger partial charge in [0.1, 0.15) is 0 Å². The minimum Gasteiger partial charge on any atom is -0.476 e. The molecule has 7 nitrogen and oxygen atoms in total. The smallest absolute Gasteiger partial charge is 0.355 e. The Balaban J connectivity index is 1.73. The van der Waals surface area contributed by atoms with Gasteiger partial charge < -0.3 is 19.9 Å². The normalized spacial score (nSPS) is 19.1. The van der Waals surface area contributed by atoms with E-state index in [0.29, 0.717) is 31.2 Å². The molecule has 1 aromatic rings. The number of aromatic carboxylic acids is 1. The summed E-state index contributed by atoms with van der Waals surface area (Å²) in [5.41, 5.74) is 0.0374. The van der Waals surface area contributed by atoms with Gasteiger partial charge in [-0.2, -0.15) is 0 Å². The summed E-state index contributed by atoms with van der Waals surface area (Å²) in [6.45, 7) is 1.60. The number of amides is 1. The number of hydrogen-bond donors (Lipinski definition) is 2. The Bertz CT molecular complexity index is 456. The van der Waals surface area contributed by atoms with E-state index >= 15 is 0 Å². The quantitative estimate of drug-likeness (QED) is 0.785. The van der Waals surface area contributed by atoms with E-state index in [9.17, 15) is 9.59 Å². The van der Waals surface area contributed by atoms with Gasteiger partial charge >= 0.3 is 5.97 Å². The van der Waals surface area contributed by atoms with Crippen LogP contribution in [0.5, 0.6) is 0 Å². The van der Waals surface area contributed by atoms with Gasteiger partial charge in [0, 0.05) is 18.3 Å². The maximum atomic E-state index is 11.7. The van der Waals surface area contributed by atoms with Gasteiger partial charge in [0.25, 0.3) is 5.91 Å². The first kappa shape index (κ1) is 13.9. The lowest BCUT2D eigenvalue weighted by Gasteiger charge is -2.21. The number of thiazole rings is 1. The van der Waals surface area contributed by atoms with Crippen molar-refractivity contribution in [2.45, 2.75) is 12.5 Å². The van der Waals surface area contributed by atoms with Gasteiger partial charge in [0.05, 0.1) is 24.8 Å². The average Bonchev–Trinajstić information content (AvgIpc) is 2.89. The van der Waals surface area contributed by atoms with Crippen molar-refractivity contribution in [3.63, 3.8) is 0 Å². The Hall–Kier alpha value is -1.51. The van der Waals surface area contributed by atoms with Crippen LogP contribution in [-0.2, 0) is 20.7 Å². The Morgan fingerprint density at radius 3 is 3.00 bits per heavy atom. The van der Waals surface area contributed by atoms with Crippen molar-refractivity contribution < 1.29 is 24.2 Å². The zero-order valence-electron chi connectivity index (χ0n) is 10.1. The van der Waals surface area contributed by atoms with Gasteiger partial charge in [-0.25, -0.2) is 9.78 Å². The van der Waals surface area contributed by atoms with E-state index in [1.54, 1.807) is 0 Å². The van der Waals surface area contributed by atoms with Gasteiger partial charge in [0.15, 0.2) is 11.8 Å². The van der Waals surface area contributed by atoms with E-state index in [4.69, 9.17) is 14.6 Å². The molecule has 1 aliphatic rings. The van der Waals surface area contributed by atoms with Gasteiger partial charge in [0.2, 0.25) is 0 Å². The van der Waals surface area contributed by atoms with Crippen LogP contribution >= 0.6 is 11.3 Å². The number of nitrogens with zero attached hydrogens (tertiary/aromatic N) is 1. The first-order valence-electron chi connectivity index (χ1n) is 5.81. The van der Waals surface area contributed by atoms with Gasteiger partial charge in [-0.05, 0) is 0 Å². The summed E-state index contributed by atoms with van der Waals surface area (Å²) < 4.78 is 10.4. The van der Waals surface area contributed by atoms with Crippen molar-refractivity contribution in [2.24, 2.45) is 0 Å². The first-order chi connectivity index (χ1) is 9.16. The molecular weight excluding hydrogens is 272 g/mol. The van der Waals surface area contributed by atoms with Gasteiger partial charge in [-0.3, -0.25) is 4.79 Å². The van der Waals surface area contributed by atoms with Crippen molar-refractivity contribution in [3.8, 4) is 0 Å². The number of hydrogen-bond acceptors (Lipinski definition) is 6. The number of carboxylic acids is 1. The summed E-state index contributed by atoms with van der Waals surface area (Å²) in [7, 11) is 0. The number of ether oxygens (including phenoxy) is 2. The van der Waals surface area contributed by atoms with Crippen LogP contribution in [0, 0.1) is 0 Å². The van der Waals surface area contributed by atoms with E-state index < -0.39 is 12.1 Å². The van der Waals surface area contributed by atoms with E-state index in [2.05, 4.69) is 10.3 Å². The molecule has 1 aromatic heterocycles. The van der Waals surface area contributed by atoms with Crippen molar-refractivity contribution >= 4 is 23.2 Å². The molecule has 0 saturated carbocycles. The molecule has 0 aliphatic carbocycles. The summed E-state index contributed by atoms with van der Waals surface area (Å²) in [6.07, 6.45) is -0.0586. The molecule has 1 unspecified atom stereocenters. The monoisotopic (exact) mass is 286 g/mol.